The van der Waals surface area contributed by atoms with Gasteiger partial charge in [0, 0.05) is 21.9 Å². The molecule has 53 heavy (non-hydrogen) atoms. The van der Waals surface area contributed by atoms with Gasteiger partial charge in [-0.25, -0.2) is 0 Å². The average molecular weight is 683 g/mol. The molecule has 0 spiro atoms. The van der Waals surface area contributed by atoms with E-state index in [1.54, 1.807) is 6.07 Å². The van der Waals surface area contributed by atoms with Crippen LogP contribution in [0, 0.1) is 0 Å². The Hall–Kier alpha value is -6.96. The second-order valence-electron chi connectivity index (χ2n) is 13.2. The maximum atomic E-state index is 9.02. The Morgan fingerprint density at radius 1 is 0.340 bits per heavy atom. The van der Waals surface area contributed by atoms with E-state index in [4.69, 9.17) is 18.1 Å². The van der Waals surface area contributed by atoms with Crippen LogP contribution in [0.3, 0.4) is 0 Å². The van der Waals surface area contributed by atoms with Gasteiger partial charge in [0.15, 0.2) is 0 Å². The van der Waals surface area contributed by atoms with E-state index in [-0.39, 0.29) is 47.4 Å². The van der Waals surface area contributed by atoms with Gasteiger partial charge in [0.05, 0.1) is 13.7 Å². The summed E-state index contributed by atoms with van der Waals surface area (Å²) in [5, 5.41) is 8.75. The molecule has 11 rings (SSSR count). The van der Waals surface area contributed by atoms with Gasteiger partial charge >= 0.3 is 0 Å². The van der Waals surface area contributed by atoms with E-state index in [9.17, 15) is 0 Å². The van der Waals surface area contributed by atoms with Crippen molar-refractivity contribution in [3.63, 3.8) is 0 Å². The largest absolute Gasteiger partial charge is 0.455 e. The third-order valence-corrected chi connectivity index (χ3v) is 10.4. The van der Waals surface area contributed by atoms with Crippen LogP contribution >= 0.6 is 0 Å². The summed E-state index contributed by atoms with van der Waals surface area (Å²) in [5.74, 6) is 0. The molecule has 246 valence electrons. The van der Waals surface area contributed by atoms with Crippen LogP contribution in [0.25, 0.3) is 110 Å². The SMILES string of the molecule is [2H]c1c([2H])c([2H])c(-c2c3ccccc3c(-c3cc4ccccc4c4c(-c5cccc6c5oc5c(-c7c([2H])c([2H])c([2H])c([2H])c7[2H])cccc56)cccc34)c3ccccc23)c([2H])c1[2H]. The first kappa shape index (κ1) is 21.4. The highest BCUT2D eigenvalue weighted by atomic mass is 16.3. The Morgan fingerprint density at radius 3 is 1.45 bits per heavy atom. The fourth-order valence-corrected chi connectivity index (χ4v) is 8.26. The fourth-order valence-electron chi connectivity index (χ4n) is 8.26. The number of para-hydroxylation sites is 2. The van der Waals surface area contributed by atoms with Crippen LogP contribution in [0.1, 0.15) is 13.7 Å². The molecule has 10 aromatic carbocycles. The van der Waals surface area contributed by atoms with Crippen molar-refractivity contribution in [3.05, 3.63) is 194 Å². The third kappa shape index (κ3) is 4.51. The van der Waals surface area contributed by atoms with Gasteiger partial charge in [-0.2, -0.15) is 0 Å². The Kier molecular flexibility index (Phi) is 4.77. The van der Waals surface area contributed by atoms with E-state index >= 15 is 0 Å². The topological polar surface area (TPSA) is 13.1 Å². The maximum Gasteiger partial charge on any atom is 0.143 e. The number of hydrogen-bond acceptors (Lipinski definition) is 1. The van der Waals surface area contributed by atoms with E-state index in [2.05, 4.69) is 30.3 Å². The highest BCUT2D eigenvalue weighted by Crippen LogP contribution is 2.49. The molecule has 0 fully saturated rings. The lowest BCUT2D eigenvalue weighted by Crippen LogP contribution is -1.93. The predicted molar refractivity (Wildman–Crippen MR) is 225 cm³/mol. The lowest BCUT2D eigenvalue weighted by atomic mass is 9.83. The van der Waals surface area contributed by atoms with Gasteiger partial charge in [0.1, 0.15) is 11.2 Å². The molecule has 1 nitrogen and oxygen atoms in total. The maximum absolute atomic E-state index is 9.02. The van der Waals surface area contributed by atoms with E-state index in [1.807, 2.05) is 97.1 Å². The summed E-state index contributed by atoms with van der Waals surface area (Å²) in [6.07, 6.45) is 0. The molecule has 1 heteroatoms. The monoisotopic (exact) mass is 682 g/mol. The minimum absolute atomic E-state index is 0.0741. The van der Waals surface area contributed by atoms with Crippen LogP contribution in [0.4, 0.5) is 0 Å². The molecule has 0 aliphatic carbocycles. The smallest absolute Gasteiger partial charge is 0.143 e. The van der Waals surface area contributed by atoms with Crippen molar-refractivity contribution in [2.24, 2.45) is 0 Å². The molecule has 0 unspecified atom stereocenters. The third-order valence-electron chi connectivity index (χ3n) is 10.4. The van der Waals surface area contributed by atoms with Crippen LogP contribution in [-0.2, 0) is 0 Å². The zero-order valence-electron chi connectivity index (χ0n) is 38.1. The molecule has 1 heterocycles. The highest BCUT2D eigenvalue weighted by molar-refractivity contribution is 6.28. The zero-order chi connectivity index (χ0) is 43.6. The van der Waals surface area contributed by atoms with E-state index in [1.165, 1.54) is 0 Å². The summed E-state index contributed by atoms with van der Waals surface area (Å²) >= 11 is 0. The molecule has 0 radical (unpaired) electrons. The van der Waals surface area contributed by atoms with E-state index in [0.717, 1.165) is 76.1 Å². The second kappa shape index (κ2) is 11.8. The molecule has 0 amide bonds. The Bertz CT molecular complexity index is 3700. The van der Waals surface area contributed by atoms with Gasteiger partial charge in [-0.1, -0.05) is 188 Å². The molecule has 0 bridgehead atoms. The van der Waals surface area contributed by atoms with E-state index in [0.29, 0.717) is 22.3 Å². The first-order valence-electron chi connectivity index (χ1n) is 22.4. The highest BCUT2D eigenvalue weighted by Gasteiger charge is 2.22. The number of hydrogen-bond donors (Lipinski definition) is 0. The quantitative estimate of drug-likeness (QED) is 0.133. The molecular weight excluding hydrogens is 641 g/mol. The lowest BCUT2D eigenvalue weighted by molar-refractivity contribution is 0.671. The summed E-state index contributed by atoms with van der Waals surface area (Å²) in [4.78, 5) is 0. The summed E-state index contributed by atoms with van der Waals surface area (Å²) < 4.78 is 92.7. The standard InChI is InChI=1S/C52H32O/c1-3-16-33(17-4-1)37-26-13-30-45-46-31-15-29-44(52(46)53-51(37)45)42-27-14-28-43-47(32-35-20-7-8-21-36(35)49(42)43)50-40-24-11-9-22-38(40)48(34-18-5-2-6-19-34)39-23-10-12-25-41(39)50/h1-32H/i1D,2D,3D,4D,5D,6D,16D,17D,18D,19D. The van der Waals surface area contributed by atoms with Crippen LogP contribution in [0.2, 0.25) is 0 Å². The number of fused-ring (bicyclic) bond motifs is 8. The van der Waals surface area contributed by atoms with Crippen LogP contribution in [0.5, 0.6) is 0 Å². The molecule has 0 N–H and O–H groups in total. The normalized spacial score (nSPS) is 14.4. The molecular formula is C52H32O. The van der Waals surface area contributed by atoms with Gasteiger partial charge in [-0.15, -0.1) is 0 Å². The average Bonchev–Trinajstić information content (AvgIpc) is 3.71. The van der Waals surface area contributed by atoms with Gasteiger partial charge in [-0.05, 0) is 82.5 Å². The van der Waals surface area contributed by atoms with Crippen molar-refractivity contribution >= 4 is 65.0 Å². The van der Waals surface area contributed by atoms with Crippen LogP contribution in [0.15, 0.2) is 198 Å². The van der Waals surface area contributed by atoms with Gasteiger partial charge < -0.3 is 4.42 Å². The van der Waals surface area contributed by atoms with Gasteiger partial charge in [-0.3, -0.25) is 0 Å². The van der Waals surface area contributed by atoms with E-state index < -0.39 is 24.2 Å². The van der Waals surface area contributed by atoms with Crippen molar-refractivity contribution in [1.82, 2.24) is 0 Å². The second-order valence-corrected chi connectivity index (χ2v) is 13.2. The molecule has 11 aromatic rings. The summed E-state index contributed by atoms with van der Waals surface area (Å²) in [6.45, 7) is 0. The van der Waals surface area contributed by atoms with Crippen molar-refractivity contribution in [1.29, 1.82) is 0 Å². The Morgan fingerprint density at radius 2 is 0.811 bits per heavy atom. The van der Waals surface area contributed by atoms with Crippen molar-refractivity contribution in [3.8, 4) is 44.5 Å². The molecule has 0 atom stereocenters. The van der Waals surface area contributed by atoms with Gasteiger partial charge in [0.25, 0.3) is 0 Å². The summed E-state index contributed by atoms with van der Waals surface area (Å²) in [7, 11) is 0. The van der Waals surface area contributed by atoms with Crippen molar-refractivity contribution in [2.75, 3.05) is 0 Å². The molecule has 0 aliphatic rings. The van der Waals surface area contributed by atoms with Gasteiger partial charge in [0.2, 0.25) is 0 Å². The summed E-state index contributed by atoms with van der Waals surface area (Å²) in [5.41, 5.74) is 5.83. The summed E-state index contributed by atoms with van der Waals surface area (Å²) in [6, 6.07) is 40.2. The predicted octanol–water partition coefficient (Wildman–Crippen LogP) is 14.9. The fraction of sp³-hybridized carbons (Fsp3) is 0. The Labute approximate surface area is 321 Å². The number of rotatable bonds is 4. The Balaban J connectivity index is 1.23. The molecule has 0 saturated carbocycles. The number of furan rings is 1. The first-order valence-corrected chi connectivity index (χ1v) is 17.4. The van der Waals surface area contributed by atoms with Crippen LogP contribution < -0.4 is 0 Å². The lowest BCUT2D eigenvalue weighted by Gasteiger charge is -2.20. The molecule has 0 saturated heterocycles. The minimum atomic E-state index is -0.457. The molecule has 1 aromatic heterocycles. The minimum Gasteiger partial charge on any atom is -0.455 e. The zero-order valence-corrected chi connectivity index (χ0v) is 28.1. The number of benzene rings is 10. The van der Waals surface area contributed by atoms with Crippen LogP contribution in [-0.4, -0.2) is 0 Å². The molecule has 0 aliphatic heterocycles. The van der Waals surface area contributed by atoms with Crippen molar-refractivity contribution in [2.45, 2.75) is 0 Å². The van der Waals surface area contributed by atoms with Crippen molar-refractivity contribution < 1.29 is 18.1 Å². The first-order chi connectivity index (χ1) is 30.5.